The predicted molar refractivity (Wildman–Crippen MR) is 90.3 cm³/mol. The summed E-state index contributed by atoms with van der Waals surface area (Å²) in [4.78, 5) is 16.7. The molecule has 2 aromatic rings. The highest BCUT2D eigenvalue weighted by molar-refractivity contribution is 5.94. The maximum absolute atomic E-state index is 11.9. The van der Waals surface area contributed by atoms with E-state index < -0.39 is 0 Å². The van der Waals surface area contributed by atoms with Crippen LogP contribution in [0, 0.1) is 0 Å². The quantitative estimate of drug-likeness (QED) is 0.695. The van der Waals surface area contributed by atoms with Gasteiger partial charge in [0, 0.05) is 11.1 Å². The number of carbonyl (C=O) groups is 1. The lowest BCUT2D eigenvalue weighted by atomic mass is 10.0. The highest BCUT2D eigenvalue weighted by atomic mass is 16.5. The van der Waals surface area contributed by atoms with Crippen LogP contribution in [0.25, 0.3) is 10.9 Å². The zero-order valence-electron chi connectivity index (χ0n) is 13.8. The lowest BCUT2D eigenvalue weighted by molar-refractivity contribution is 0.0526. The number of aromatic nitrogens is 1. The summed E-state index contributed by atoms with van der Waals surface area (Å²) in [5, 5.41) is 1.02. The van der Waals surface area contributed by atoms with E-state index in [9.17, 15) is 4.79 Å². The maximum Gasteiger partial charge on any atom is 0.338 e. The molecule has 2 rings (SSSR count). The molecule has 1 aromatic heterocycles. The van der Waals surface area contributed by atoms with Crippen molar-refractivity contribution < 1.29 is 9.53 Å². The molecule has 3 heteroatoms. The van der Waals surface area contributed by atoms with Crippen LogP contribution < -0.4 is 0 Å². The Bertz CT molecular complexity index is 649. The van der Waals surface area contributed by atoms with Gasteiger partial charge in [-0.15, -0.1) is 0 Å². The van der Waals surface area contributed by atoms with Gasteiger partial charge in [0.2, 0.25) is 0 Å². The number of pyridine rings is 1. The first-order valence-electron chi connectivity index (χ1n) is 8.29. The van der Waals surface area contributed by atoms with Crippen LogP contribution >= 0.6 is 0 Å². The fourth-order valence-electron chi connectivity index (χ4n) is 2.65. The molecule has 0 atom stereocenters. The fourth-order valence-corrected chi connectivity index (χ4v) is 2.65. The Morgan fingerprint density at radius 2 is 1.91 bits per heavy atom. The van der Waals surface area contributed by atoms with Crippen LogP contribution in [0.15, 0.2) is 24.3 Å². The molecule has 0 aliphatic heterocycles. The summed E-state index contributed by atoms with van der Waals surface area (Å²) < 4.78 is 5.07. The van der Waals surface area contributed by atoms with Crippen LogP contribution in [0.4, 0.5) is 0 Å². The summed E-state index contributed by atoms with van der Waals surface area (Å²) in [5.74, 6) is -0.267. The smallest absolute Gasteiger partial charge is 0.338 e. The van der Waals surface area contributed by atoms with Gasteiger partial charge in [0.1, 0.15) is 0 Å². The lowest BCUT2D eigenvalue weighted by Gasteiger charge is -2.11. The van der Waals surface area contributed by atoms with Gasteiger partial charge < -0.3 is 4.74 Å². The number of benzene rings is 1. The number of carbonyl (C=O) groups excluding carboxylic acids is 1. The van der Waals surface area contributed by atoms with Gasteiger partial charge in [0.05, 0.1) is 17.7 Å². The number of nitrogens with zero attached hydrogens (tertiary/aromatic N) is 1. The number of hydrogen-bond acceptors (Lipinski definition) is 3. The topological polar surface area (TPSA) is 39.2 Å². The highest BCUT2D eigenvalue weighted by Gasteiger charge is 2.10. The van der Waals surface area contributed by atoms with Gasteiger partial charge >= 0.3 is 5.97 Å². The minimum Gasteiger partial charge on any atom is -0.462 e. The number of esters is 1. The summed E-state index contributed by atoms with van der Waals surface area (Å²) in [6, 6.07) is 7.81. The van der Waals surface area contributed by atoms with Crippen LogP contribution in [-0.2, 0) is 17.6 Å². The largest absolute Gasteiger partial charge is 0.462 e. The number of unbranched alkanes of at least 4 members (excludes halogenated alkanes) is 1. The van der Waals surface area contributed by atoms with Crippen molar-refractivity contribution in [3.05, 3.63) is 41.1 Å². The Labute approximate surface area is 132 Å². The Hall–Kier alpha value is -1.90. The van der Waals surface area contributed by atoms with Crippen LogP contribution in [0.2, 0.25) is 0 Å². The Morgan fingerprint density at radius 1 is 1.09 bits per heavy atom. The van der Waals surface area contributed by atoms with E-state index in [1.165, 1.54) is 17.7 Å². The summed E-state index contributed by atoms with van der Waals surface area (Å²) in [6.07, 6.45) is 5.50. The summed E-state index contributed by atoms with van der Waals surface area (Å²) in [6.45, 7) is 6.60. The molecule has 3 nitrogen and oxygen atoms in total. The molecule has 0 unspecified atom stereocenters. The van der Waals surface area contributed by atoms with E-state index in [1.807, 2.05) is 19.1 Å². The molecule has 0 saturated carbocycles. The molecular weight excluding hydrogens is 274 g/mol. The molecule has 0 fully saturated rings. The first-order chi connectivity index (χ1) is 10.7. The van der Waals surface area contributed by atoms with Crippen molar-refractivity contribution in [2.45, 2.75) is 52.9 Å². The van der Waals surface area contributed by atoms with Crippen LogP contribution in [-0.4, -0.2) is 17.6 Å². The normalized spacial score (nSPS) is 10.9. The van der Waals surface area contributed by atoms with Crippen LogP contribution in [0.3, 0.4) is 0 Å². The number of ether oxygens (including phenoxy) is 1. The Kier molecular flexibility index (Phi) is 5.93. The minimum absolute atomic E-state index is 0.267. The number of hydrogen-bond donors (Lipinski definition) is 0. The van der Waals surface area contributed by atoms with Gasteiger partial charge in [0.15, 0.2) is 0 Å². The third-order valence-corrected chi connectivity index (χ3v) is 3.78. The van der Waals surface area contributed by atoms with Gasteiger partial charge in [-0.3, -0.25) is 4.98 Å². The summed E-state index contributed by atoms with van der Waals surface area (Å²) >= 11 is 0. The van der Waals surface area contributed by atoms with E-state index in [2.05, 4.69) is 19.9 Å². The van der Waals surface area contributed by atoms with Crippen molar-refractivity contribution in [2.75, 3.05) is 6.61 Å². The first-order valence-corrected chi connectivity index (χ1v) is 8.29. The molecular formula is C19H25NO2. The molecule has 1 heterocycles. The lowest BCUT2D eigenvalue weighted by Crippen LogP contribution is -2.05. The highest BCUT2D eigenvalue weighted by Crippen LogP contribution is 2.21. The zero-order chi connectivity index (χ0) is 15.9. The second-order valence-corrected chi connectivity index (χ2v) is 5.58. The predicted octanol–water partition coefficient (Wildman–Crippen LogP) is 4.71. The second-order valence-electron chi connectivity index (χ2n) is 5.58. The van der Waals surface area contributed by atoms with Crippen molar-refractivity contribution in [3.63, 3.8) is 0 Å². The van der Waals surface area contributed by atoms with Crippen molar-refractivity contribution >= 4 is 16.9 Å². The van der Waals surface area contributed by atoms with E-state index in [1.54, 1.807) is 6.07 Å². The third kappa shape index (κ3) is 3.85. The van der Waals surface area contributed by atoms with Crippen molar-refractivity contribution in [1.29, 1.82) is 0 Å². The SMILES string of the molecule is CCCCc1nc2ccc(C(=O)OCC)cc2cc1CCC. The fraction of sp³-hybridized carbons (Fsp3) is 0.474. The second kappa shape index (κ2) is 7.92. The van der Waals surface area contributed by atoms with Crippen LogP contribution in [0.1, 0.15) is 61.6 Å². The van der Waals surface area contributed by atoms with Crippen LogP contribution in [0.5, 0.6) is 0 Å². The molecule has 0 bridgehead atoms. The van der Waals surface area contributed by atoms with Gasteiger partial charge in [-0.2, -0.15) is 0 Å². The van der Waals surface area contributed by atoms with Gasteiger partial charge in [-0.1, -0.05) is 26.7 Å². The van der Waals surface area contributed by atoms with Crippen molar-refractivity contribution in [3.8, 4) is 0 Å². The van der Waals surface area contributed by atoms with Gasteiger partial charge in [0.25, 0.3) is 0 Å². The first kappa shape index (κ1) is 16.5. The molecule has 0 saturated heterocycles. The molecule has 0 amide bonds. The number of aryl methyl sites for hydroxylation is 2. The minimum atomic E-state index is -0.267. The van der Waals surface area contributed by atoms with E-state index in [0.29, 0.717) is 12.2 Å². The molecule has 0 aliphatic carbocycles. The molecule has 118 valence electrons. The molecule has 0 spiro atoms. The van der Waals surface area contributed by atoms with E-state index in [-0.39, 0.29) is 5.97 Å². The van der Waals surface area contributed by atoms with E-state index in [4.69, 9.17) is 9.72 Å². The van der Waals surface area contributed by atoms with Gasteiger partial charge in [-0.05, 0) is 56.0 Å². The molecule has 22 heavy (non-hydrogen) atoms. The monoisotopic (exact) mass is 299 g/mol. The molecule has 1 aromatic carbocycles. The standard InChI is InChI=1S/C19H25NO2/c1-4-7-9-17-14(8-5-2)12-16-13-15(19(21)22-6-3)10-11-18(16)20-17/h10-13H,4-9H2,1-3H3. The summed E-state index contributed by atoms with van der Waals surface area (Å²) in [5.41, 5.74) is 4.07. The Balaban J connectivity index is 2.42. The molecule has 0 aliphatic rings. The Morgan fingerprint density at radius 3 is 2.59 bits per heavy atom. The van der Waals surface area contributed by atoms with E-state index in [0.717, 1.165) is 36.6 Å². The van der Waals surface area contributed by atoms with Crippen molar-refractivity contribution in [2.24, 2.45) is 0 Å². The summed E-state index contributed by atoms with van der Waals surface area (Å²) in [7, 11) is 0. The molecule has 0 radical (unpaired) electrons. The third-order valence-electron chi connectivity index (χ3n) is 3.78. The maximum atomic E-state index is 11.9. The number of fused-ring (bicyclic) bond motifs is 1. The van der Waals surface area contributed by atoms with E-state index >= 15 is 0 Å². The molecule has 0 N–H and O–H groups in total. The van der Waals surface area contributed by atoms with Gasteiger partial charge in [-0.25, -0.2) is 4.79 Å². The average Bonchev–Trinajstić information content (AvgIpc) is 2.53. The number of rotatable bonds is 7. The zero-order valence-corrected chi connectivity index (χ0v) is 13.8. The van der Waals surface area contributed by atoms with Crippen molar-refractivity contribution in [1.82, 2.24) is 4.98 Å². The average molecular weight is 299 g/mol.